The zero-order chi connectivity index (χ0) is 36.4. The van der Waals surface area contributed by atoms with Gasteiger partial charge in [-0.05, 0) is 83.7 Å². The van der Waals surface area contributed by atoms with Gasteiger partial charge in [0.1, 0.15) is 15.5 Å². The Balaban J connectivity index is 1.12. The summed E-state index contributed by atoms with van der Waals surface area (Å²) in [6.07, 6.45) is -15.0. The Kier molecular flexibility index (Phi) is 7.41. The molecule has 3 aromatic carbocycles. The molecule has 7 aliphatic carbocycles. The molecule has 10 rings (SSSR count). The summed E-state index contributed by atoms with van der Waals surface area (Å²) in [5, 5.41) is -4.53. The van der Waals surface area contributed by atoms with Gasteiger partial charge in [-0.25, -0.2) is 8.42 Å². The van der Waals surface area contributed by atoms with E-state index < -0.39 is 62.0 Å². The number of carbonyl (C=O) groups is 2. The van der Waals surface area contributed by atoms with E-state index in [0.29, 0.717) is 19.3 Å². The monoisotopic (exact) mass is 733 g/mol. The number of alkyl halides is 6. The van der Waals surface area contributed by atoms with Crippen molar-refractivity contribution in [1.29, 1.82) is 0 Å². The van der Waals surface area contributed by atoms with Gasteiger partial charge in [-0.15, -0.1) is 0 Å². The van der Waals surface area contributed by atoms with Crippen molar-refractivity contribution in [2.75, 3.05) is 6.61 Å². The summed E-state index contributed by atoms with van der Waals surface area (Å²) >= 11 is 0. The van der Waals surface area contributed by atoms with Crippen LogP contribution in [-0.4, -0.2) is 55.2 Å². The molecule has 0 spiro atoms. The van der Waals surface area contributed by atoms with Crippen LogP contribution in [0.1, 0.15) is 77.8 Å². The molecule has 51 heavy (non-hydrogen) atoms. The van der Waals surface area contributed by atoms with Crippen LogP contribution in [0.15, 0.2) is 72.8 Å². The molecule has 0 amide bonds. The van der Waals surface area contributed by atoms with Crippen LogP contribution in [0.5, 0.6) is 0 Å². The van der Waals surface area contributed by atoms with Crippen molar-refractivity contribution in [3.05, 3.63) is 106 Å². The van der Waals surface area contributed by atoms with Gasteiger partial charge in [0.05, 0.1) is 12.0 Å². The number of hydrogen-bond donors (Lipinski definition) is 0. The van der Waals surface area contributed by atoms with Crippen LogP contribution in [0.2, 0.25) is 0 Å². The quantitative estimate of drug-likeness (QED) is 0.148. The third-order valence-electron chi connectivity index (χ3n) is 11.9. The molecule has 0 aliphatic heterocycles. The summed E-state index contributed by atoms with van der Waals surface area (Å²) in [7, 11) is -6.65. The van der Waals surface area contributed by atoms with E-state index in [4.69, 9.17) is 4.74 Å². The third-order valence-corrected chi connectivity index (χ3v) is 13.1. The fraction of sp³-hybridized carbons (Fsp3) is 0.459. The molecule has 3 aromatic rings. The molecule has 4 unspecified atom stereocenters. The molecule has 270 valence electrons. The lowest BCUT2D eigenvalue weighted by Crippen LogP contribution is -2.60. The smallest absolute Gasteiger partial charge is 0.427 e. The molecule has 0 saturated heterocycles. The minimum Gasteiger partial charge on any atom is -0.747 e. The number of ether oxygens (including phenoxy) is 2. The average molecular weight is 734 g/mol. The number of halogens is 6. The van der Waals surface area contributed by atoms with Gasteiger partial charge in [-0.1, -0.05) is 72.8 Å². The molecule has 14 heteroatoms. The van der Waals surface area contributed by atoms with Crippen molar-refractivity contribution >= 4 is 22.1 Å². The van der Waals surface area contributed by atoms with Crippen molar-refractivity contribution in [3.8, 4) is 0 Å². The molecule has 4 saturated carbocycles. The van der Waals surface area contributed by atoms with E-state index in [-0.39, 0.29) is 43.6 Å². The molecule has 6 bridgehead atoms. The van der Waals surface area contributed by atoms with E-state index >= 15 is 0 Å². The molecule has 0 N–H and O–H groups in total. The zero-order valence-electron chi connectivity index (χ0n) is 26.8. The van der Waals surface area contributed by atoms with Crippen molar-refractivity contribution in [2.45, 2.75) is 73.6 Å². The Labute approximate surface area is 289 Å². The van der Waals surface area contributed by atoms with E-state index in [1.165, 1.54) is 0 Å². The lowest BCUT2D eigenvalue weighted by Gasteiger charge is -2.60. The van der Waals surface area contributed by atoms with Crippen LogP contribution >= 0.6 is 0 Å². The van der Waals surface area contributed by atoms with Gasteiger partial charge in [-0.2, -0.15) is 26.3 Å². The van der Waals surface area contributed by atoms with Crippen LogP contribution in [0, 0.1) is 22.7 Å². The van der Waals surface area contributed by atoms with Crippen molar-refractivity contribution < 1.29 is 58.4 Å². The number of carbonyl (C=O) groups excluding carboxylic acids is 2. The molecule has 0 heterocycles. The first-order valence-corrected chi connectivity index (χ1v) is 18.1. The summed E-state index contributed by atoms with van der Waals surface area (Å²) in [5.74, 6) is -2.76. The fourth-order valence-corrected chi connectivity index (χ4v) is 11.6. The SMILES string of the molecule is O=C(OC(C(C(F)(F)F)S(=O)(=O)[O-])C(F)(F)F)C12CC3CC(CC(COC(=O)C45c6ccccc6C(c6ccccc64)c4ccccc45)(C3)C1)C2. The highest BCUT2D eigenvalue weighted by atomic mass is 32.2. The molecular weight excluding hydrogens is 702 g/mol. The van der Waals surface area contributed by atoms with Crippen LogP contribution in [0.3, 0.4) is 0 Å². The highest BCUT2D eigenvalue weighted by Gasteiger charge is 2.66. The van der Waals surface area contributed by atoms with Gasteiger partial charge in [-0.3, -0.25) is 9.59 Å². The van der Waals surface area contributed by atoms with Gasteiger partial charge in [0.2, 0.25) is 6.10 Å². The predicted octanol–water partition coefficient (Wildman–Crippen LogP) is 6.91. The Morgan fingerprint density at radius 3 is 1.65 bits per heavy atom. The maximum atomic E-state index is 14.9. The summed E-state index contributed by atoms with van der Waals surface area (Å²) in [6, 6.07) is 22.9. The molecule has 4 fully saturated rings. The molecule has 0 radical (unpaired) electrons. The second-order valence-electron chi connectivity index (χ2n) is 15.1. The zero-order valence-corrected chi connectivity index (χ0v) is 27.6. The van der Waals surface area contributed by atoms with Gasteiger partial charge in [0, 0.05) is 11.3 Å². The maximum absolute atomic E-state index is 14.9. The topological polar surface area (TPSA) is 110 Å². The molecule has 7 aliphatic rings. The van der Waals surface area contributed by atoms with Crippen molar-refractivity contribution in [1.82, 2.24) is 0 Å². The normalized spacial score (nSPS) is 31.2. The standard InChI is InChI=1S/C37H32F6O7S/c38-36(39,40)29(30(37(41,42)43)51(46,47)48)50-31(44)34-16-20-13-21(17-34)15-33(14-20,18-34)19-49-32(45)35-25-10-4-1-7-22(25)28(23-8-2-5-11-26(23)35)24-9-3-6-12-27(24)35/h1-12,20-21,28-30H,13-19H2,(H,46,47,48)/p-1. The number of rotatable bonds is 7. The molecule has 7 nitrogen and oxygen atoms in total. The highest BCUT2D eigenvalue weighted by Crippen LogP contribution is 2.66. The number of esters is 2. The first-order chi connectivity index (χ1) is 23.9. The average Bonchev–Trinajstić information content (AvgIpc) is 3.04. The number of hydrogen-bond acceptors (Lipinski definition) is 7. The van der Waals surface area contributed by atoms with Crippen LogP contribution in [0.25, 0.3) is 0 Å². The summed E-state index contributed by atoms with van der Waals surface area (Å²) in [4.78, 5) is 28.5. The van der Waals surface area contributed by atoms with Crippen LogP contribution in [0.4, 0.5) is 26.3 Å². The predicted molar refractivity (Wildman–Crippen MR) is 166 cm³/mol. The maximum Gasteiger partial charge on any atom is 0.427 e. The highest BCUT2D eigenvalue weighted by molar-refractivity contribution is 7.86. The van der Waals surface area contributed by atoms with Gasteiger partial charge in [0.25, 0.3) is 0 Å². The third kappa shape index (κ3) is 5.06. The largest absolute Gasteiger partial charge is 0.747 e. The fourth-order valence-electron chi connectivity index (χ4n) is 10.8. The van der Waals surface area contributed by atoms with Crippen LogP contribution < -0.4 is 0 Å². The van der Waals surface area contributed by atoms with Gasteiger partial charge in [0.15, 0.2) is 5.25 Å². The first-order valence-electron chi connectivity index (χ1n) is 16.6. The van der Waals surface area contributed by atoms with E-state index in [1.54, 1.807) is 0 Å². The van der Waals surface area contributed by atoms with E-state index in [9.17, 15) is 48.9 Å². The minimum atomic E-state index is -6.65. The van der Waals surface area contributed by atoms with Gasteiger partial charge >= 0.3 is 24.3 Å². The van der Waals surface area contributed by atoms with E-state index in [1.807, 2.05) is 72.8 Å². The molecule has 0 aromatic heterocycles. The summed E-state index contributed by atoms with van der Waals surface area (Å²) in [5.41, 5.74) is 1.26. The lowest BCUT2D eigenvalue weighted by atomic mass is 9.44. The summed E-state index contributed by atoms with van der Waals surface area (Å²) in [6.45, 7) is -0.200. The van der Waals surface area contributed by atoms with Crippen molar-refractivity contribution in [2.24, 2.45) is 22.7 Å². The van der Waals surface area contributed by atoms with E-state index in [0.717, 1.165) is 33.4 Å². The van der Waals surface area contributed by atoms with E-state index in [2.05, 4.69) is 4.74 Å². The Hall–Kier alpha value is -3.91. The summed E-state index contributed by atoms with van der Waals surface area (Å²) < 4.78 is 128. The molecule has 4 atom stereocenters. The Morgan fingerprint density at radius 2 is 1.22 bits per heavy atom. The minimum absolute atomic E-state index is 0.0167. The van der Waals surface area contributed by atoms with Gasteiger partial charge < -0.3 is 14.0 Å². The number of benzene rings is 3. The van der Waals surface area contributed by atoms with Crippen LogP contribution in [-0.2, 0) is 34.6 Å². The Bertz CT molecular complexity index is 1930. The molecular formula is C37H31F6O7S-. The van der Waals surface area contributed by atoms with Crippen molar-refractivity contribution in [3.63, 3.8) is 0 Å². The first kappa shape index (κ1) is 34.2. The second kappa shape index (κ2) is 11.0. The second-order valence-corrected chi connectivity index (χ2v) is 16.6. The Morgan fingerprint density at radius 1 is 0.745 bits per heavy atom. The lowest BCUT2D eigenvalue weighted by molar-refractivity contribution is -0.258.